The molecular weight excluding hydrogens is 306 g/mol. The maximum atomic E-state index is 5.34. The molecule has 0 aromatic carbocycles. The summed E-state index contributed by atoms with van der Waals surface area (Å²) in [5.41, 5.74) is 0. The highest BCUT2D eigenvalue weighted by molar-refractivity contribution is 7.71. The summed E-state index contributed by atoms with van der Waals surface area (Å²) < 4.78 is 8.72. The topological polar surface area (TPSA) is 48.7 Å². The Labute approximate surface area is 134 Å². The van der Waals surface area contributed by atoms with Crippen molar-refractivity contribution >= 4 is 24.4 Å². The highest BCUT2D eigenvalue weighted by atomic mass is 32.1. The second kappa shape index (κ2) is 7.10. The minimum absolute atomic E-state index is 0.637. The van der Waals surface area contributed by atoms with Gasteiger partial charge in [-0.3, -0.25) is 4.90 Å². The lowest BCUT2D eigenvalue weighted by Gasteiger charge is -2.21. The summed E-state index contributed by atoms with van der Waals surface area (Å²) in [6.07, 6.45) is 5.71. The smallest absolute Gasteiger partial charge is 0.198 e. The molecule has 0 aliphatic rings. The lowest BCUT2D eigenvalue weighted by Crippen LogP contribution is -2.31. The molecule has 2 heterocycles. The summed E-state index contributed by atoms with van der Waals surface area (Å²) >= 11 is 10.7. The highest BCUT2D eigenvalue weighted by Crippen LogP contribution is 2.03. The molecule has 116 valence electrons. The summed E-state index contributed by atoms with van der Waals surface area (Å²) in [5.74, 6) is 0. The third-order valence-corrected chi connectivity index (χ3v) is 4.27. The summed E-state index contributed by atoms with van der Waals surface area (Å²) in [4.78, 5) is 2.25. The molecule has 0 atom stereocenters. The molecule has 21 heavy (non-hydrogen) atoms. The SMILES string of the molecule is CCCCN(Cn1ncn(C)c1=S)Cn1ncn(C)c1=S. The fourth-order valence-corrected chi connectivity index (χ4v) is 2.29. The van der Waals surface area contributed by atoms with Crippen LogP contribution in [0.15, 0.2) is 12.7 Å². The first-order chi connectivity index (χ1) is 10.0. The zero-order valence-corrected chi connectivity index (χ0v) is 14.3. The van der Waals surface area contributed by atoms with E-state index in [9.17, 15) is 0 Å². The van der Waals surface area contributed by atoms with E-state index in [0.29, 0.717) is 22.9 Å². The van der Waals surface area contributed by atoms with Gasteiger partial charge in [0.05, 0.1) is 13.3 Å². The molecule has 0 unspecified atom stereocenters. The van der Waals surface area contributed by atoms with Crippen molar-refractivity contribution in [2.45, 2.75) is 33.1 Å². The van der Waals surface area contributed by atoms with Crippen LogP contribution in [-0.2, 0) is 27.4 Å². The third-order valence-electron chi connectivity index (χ3n) is 3.27. The zero-order valence-electron chi connectivity index (χ0n) is 12.6. The molecule has 0 saturated carbocycles. The fraction of sp³-hybridized carbons (Fsp3) is 0.667. The largest absolute Gasteiger partial charge is 0.310 e. The van der Waals surface area contributed by atoms with Gasteiger partial charge in [-0.15, -0.1) is 0 Å². The van der Waals surface area contributed by atoms with Crippen LogP contribution in [0.25, 0.3) is 0 Å². The lowest BCUT2D eigenvalue weighted by atomic mass is 10.3. The summed E-state index contributed by atoms with van der Waals surface area (Å²) in [6.45, 7) is 4.40. The Bertz CT molecular complexity index is 637. The number of aromatic nitrogens is 6. The van der Waals surface area contributed by atoms with Gasteiger partial charge in [-0.1, -0.05) is 13.3 Å². The Morgan fingerprint density at radius 1 is 1.00 bits per heavy atom. The molecule has 0 amide bonds. The van der Waals surface area contributed by atoms with Gasteiger partial charge in [0.25, 0.3) is 0 Å². The Morgan fingerprint density at radius 3 is 1.81 bits per heavy atom. The van der Waals surface area contributed by atoms with Crippen molar-refractivity contribution in [1.82, 2.24) is 33.6 Å². The molecule has 9 heteroatoms. The number of hydrogen-bond donors (Lipinski definition) is 0. The average Bonchev–Trinajstić information content (AvgIpc) is 2.95. The fourth-order valence-electron chi connectivity index (χ4n) is 1.98. The normalized spacial score (nSPS) is 11.4. The van der Waals surface area contributed by atoms with Crippen LogP contribution < -0.4 is 0 Å². The standard InChI is InChI=1S/C12H21N7S2/c1-4-5-6-17(9-18-11(20)15(2)7-13-18)10-19-12(21)16(3)8-14-19/h7-8H,4-6,9-10H2,1-3H3. The third kappa shape index (κ3) is 3.86. The van der Waals surface area contributed by atoms with Gasteiger partial charge >= 0.3 is 0 Å². The van der Waals surface area contributed by atoms with Gasteiger partial charge in [0.15, 0.2) is 9.54 Å². The first kappa shape index (κ1) is 16.1. The average molecular weight is 327 g/mol. The van der Waals surface area contributed by atoms with E-state index in [-0.39, 0.29) is 0 Å². The lowest BCUT2D eigenvalue weighted by molar-refractivity contribution is 0.148. The maximum Gasteiger partial charge on any atom is 0.198 e. The van der Waals surface area contributed by atoms with Crippen molar-refractivity contribution in [1.29, 1.82) is 0 Å². The van der Waals surface area contributed by atoms with Gasteiger partial charge in [-0.25, -0.2) is 9.36 Å². The molecule has 0 spiro atoms. The monoisotopic (exact) mass is 327 g/mol. The molecule has 0 bridgehead atoms. The predicted octanol–water partition coefficient (Wildman–Crippen LogP) is 1.93. The Morgan fingerprint density at radius 2 is 1.48 bits per heavy atom. The van der Waals surface area contributed by atoms with E-state index in [1.165, 1.54) is 0 Å². The maximum absolute atomic E-state index is 5.34. The highest BCUT2D eigenvalue weighted by Gasteiger charge is 2.10. The van der Waals surface area contributed by atoms with Crippen LogP contribution in [0.3, 0.4) is 0 Å². The summed E-state index contributed by atoms with van der Waals surface area (Å²) in [5, 5.41) is 8.61. The van der Waals surface area contributed by atoms with E-state index in [1.807, 2.05) is 32.6 Å². The van der Waals surface area contributed by atoms with Crippen LogP contribution >= 0.6 is 24.4 Å². The van der Waals surface area contributed by atoms with Gasteiger partial charge in [0, 0.05) is 20.6 Å². The summed E-state index contributed by atoms with van der Waals surface area (Å²) in [7, 11) is 3.80. The molecule has 0 radical (unpaired) electrons. The van der Waals surface area contributed by atoms with Gasteiger partial charge in [0.1, 0.15) is 12.7 Å². The molecule has 0 aliphatic heterocycles. The van der Waals surface area contributed by atoms with Crippen LogP contribution in [0.4, 0.5) is 0 Å². The van der Waals surface area contributed by atoms with Crippen molar-refractivity contribution in [2.75, 3.05) is 6.54 Å². The number of nitrogens with zero attached hydrogens (tertiary/aromatic N) is 7. The molecule has 0 N–H and O–H groups in total. The van der Waals surface area contributed by atoms with E-state index in [0.717, 1.165) is 19.4 Å². The van der Waals surface area contributed by atoms with E-state index in [1.54, 1.807) is 12.7 Å². The number of unbranched alkanes of at least 4 members (excludes halogenated alkanes) is 1. The van der Waals surface area contributed by atoms with Crippen LogP contribution in [0.5, 0.6) is 0 Å². The number of hydrogen-bond acceptors (Lipinski definition) is 5. The molecule has 0 aliphatic carbocycles. The van der Waals surface area contributed by atoms with E-state index >= 15 is 0 Å². The second-order valence-electron chi connectivity index (χ2n) is 5.08. The Kier molecular flexibility index (Phi) is 5.43. The van der Waals surface area contributed by atoms with Gasteiger partial charge in [-0.05, 0) is 30.9 Å². The van der Waals surface area contributed by atoms with Crippen LogP contribution in [-0.4, -0.2) is 40.1 Å². The van der Waals surface area contributed by atoms with Crippen molar-refractivity contribution in [3.05, 3.63) is 22.2 Å². The Balaban J connectivity index is 2.14. The van der Waals surface area contributed by atoms with Crippen molar-refractivity contribution in [3.8, 4) is 0 Å². The predicted molar refractivity (Wildman–Crippen MR) is 85.7 cm³/mol. The molecule has 7 nitrogen and oxygen atoms in total. The van der Waals surface area contributed by atoms with Crippen LogP contribution in [0.2, 0.25) is 0 Å². The van der Waals surface area contributed by atoms with E-state index in [2.05, 4.69) is 22.0 Å². The molecule has 2 aromatic rings. The van der Waals surface area contributed by atoms with E-state index < -0.39 is 0 Å². The first-order valence-electron chi connectivity index (χ1n) is 6.92. The minimum Gasteiger partial charge on any atom is -0.310 e. The first-order valence-corrected chi connectivity index (χ1v) is 7.73. The van der Waals surface area contributed by atoms with Crippen molar-refractivity contribution in [2.24, 2.45) is 14.1 Å². The van der Waals surface area contributed by atoms with Gasteiger partial charge in [0.2, 0.25) is 0 Å². The quantitative estimate of drug-likeness (QED) is 0.727. The molecule has 2 rings (SSSR count). The van der Waals surface area contributed by atoms with E-state index in [4.69, 9.17) is 24.4 Å². The van der Waals surface area contributed by atoms with Gasteiger partial charge < -0.3 is 9.13 Å². The number of aryl methyl sites for hydroxylation is 2. The molecular formula is C12H21N7S2. The summed E-state index contributed by atoms with van der Waals surface area (Å²) in [6, 6.07) is 0. The zero-order chi connectivity index (χ0) is 15.4. The van der Waals surface area contributed by atoms with Crippen molar-refractivity contribution in [3.63, 3.8) is 0 Å². The van der Waals surface area contributed by atoms with Gasteiger partial charge in [-0.2, -0.15) is 10.2 Å². The van der Waals surface area contributed by atoms with Crippen molar-refractivity contribution < 1.29 is 0 Å². The van der Waals surface area contributed by atoms with Crippen LogP contribution in [0, 0.1) is 9.54 Å². The van der Waals surface area contributed by atoms with Crippen LogP contribution in [0.1, 0.15) is 19.8 Å². The minimum atomic E-state index is 0.637. The second-order valence-corrected chi connectivity index (χ2v) is 5.81. The molecule has 0 fully saturated rings. The molecule has 2 aromatic heterocycles. The number of rotatable bonds is 7. The Hall–Kier alpha value is -1.32. The molecule has 0 saturated heterocycles.